The van der Waals surface area contributed by atoms with Gasteiger partial charge in [-0.15, -0.1) is 24.8 Å². The van der Waals surface area contributed by atoms with Crippen LogP contribution in [0.4, 0.5) is 11.5 Å². The van der Waals surface area contributed by atoms with Crippen LogP contribution in [0.5, 0.6) is 5.75 Å². The minimum absolute atomic E-state index is 0. The molecule has 0 saturated carbocycles. The van der Waals surface area contributed by atoms with Crippen LogP contribution >= 0.6 is 24.8 Å². The van der Waals surface area contributed by atoms with E-state index in [-0.39, 0.29) is 24.8 Å². The van der Waals surface area contributed by atoms with Gasteiger partial charge < -0.3 is 14.7 Å². The number of aliphatic hydroxyl groups excluding tert-OH is 1. The molecule has 1 aromatic carbocycles. The van der Waals surface area contributed by atoms with Crippen molar-refractivity contribution in [3.05, 3.63) is 48.2 Å². The van der Waals surface area contributed by atoms with Gasteiger partial charge in [-0.25, -0.2) is 13.4 Å². The Kier molecular flexibility index (Phi) is 11.5. The fourth-order valence-corrected chi connectivity index (χ4v) is 4.21. The molecule has 0 amide bonds. The first-order valence-electron chi connectivity index (χ1n) is 10.1. The third kappa shape index (κ3) is 8.29. The van der Waals surface area contributed by atoms with Crippen molar-refractivity contribution in [1.82, 2.24) is 9.88 Å². The lowest BCUT2D eigenvalue weighted by molar-refractivity contribution is -0.00672. The van der Waals surface area contributed by atoms with Gasteiger partial charge >= 0.3 is 0 Å². The average Bonchev–Trinajstić information content (AvgIpc) is 2.73. The van der Waals surface area contributed by atoms with Crippen LogP contribution in [0.1, 0.15) is 18.4 Å². The van der Waals surface area contributed by atoms with E-state index in [1.54, 1.807) is 18.3 Å². The summed E-state index contributed by atoms with van der Waals surface area (Å²) in [5.74, 6) is 1.46. The average molecular weight is 507 g/mol. The fourth-order valence-electron chi connectivity index (χ4n) is 3.65. The van der Waals surface area contributed by atoms with Gasteiger partial charge in [-0.3, -0.25) is 9.62 Å². The van der Waals surface area contributed by atoms with Crippen LogP contribution in [0, 0.1) is 0 Å². The number of nitrogens with zero attached hydrogens (tertiary/aromatic N) is 3. The number of ether oxygens (including phenoxy) is 1. The van der Waals surface area contributed by atoms with Crippen molar-refractivity contribution in [2.75, 3.05) is 49.2 Å². The molecule has 8 nitrogen and oxygen atoms in total. The topological polar surface area (TPSA) is 95.0 Å². The zero-order valence-electron chi connectivity index (χ0n) is 18.3. The summed E-state index contributed by atoms with van der Waals surface area (Å²) in [6, 6.07) is 11.4. The first-order valence-corrected chi connectivity index (χ1v) is 12.0. The fraction of sp³-hybridized carbons (Fsp3) is 0.476. The highest BCUT2D eigenvalue weighted by Gasteiger charge is 2.22. The summed E-state index contributed by atoms with van der Waals surface area (Å²) in [4.78, 5) is 8.72. The lowest BCUT2D eigenvalue weighted by atomic mass is 10.1. The quantitative estimate of drug-likeness (QED) is 0.539. The Hall–Kier alpha value is -1.78. The zero-order valence-corrected chi connectivity index (χ0v) is 20.8. The maximum atomic E-state index is 11.6. The third-order valence-corrected chi connectivity index (χ3v) is 5.79. The molecule has 1 aliphatic heterocycles. The van der Waals surface area contributed by atoms with Gasteiger partial charge in [0, 0.05) is 32.4 Å². The van der Waals surface area contributed by atoms with Crippen LogP contribution in [0.2, 0.25) is 0 Å². The van der Waals surface area contributed by atoms with Crippen LogP contribution in [-0.2, 0) is 16.4 Å². The van der Waals surface area contributed by atoms with Gasteiger partial charge in [0.2, 0.25) is 10.0 Å². The van der Waals surface area contributed by atoms with Crippen molar-refractivity contribution in [3.63, 3.8) is 0 Å². The molecular weight excluding hydrogens is 475 g/mol. The van der Waals surface area contributed by atoms with Crippen molar-refractivity contribution in [3.8, 4) is 5.75 Å². The van der Waals surface area contributed by atoms with E-state index in [4.69, 9.17) is 4.74 Å². The van der Waals surface area contributed by atoms with Gasteiger partial charge in [0.25, 0.3) is 0 Å². The number of methoxy groups -OCH3 is 1. The number of anilines is 2. The number of hydrogen-bond donors (Lipinski definition) is 2. The second kappa shape index (κ2) is 13.1. The van der Waals surface area contributed by atoms with Crippen LogP contribution in [0.25, 0.3) is 0 Å². The molecule has 2 N–H and O–H groups in total. The van der Waals surface area contributed by atoms with E-state index >= 15 is 0 Å². The van der Waals surface area contributed by atoms with Gasteiger partial charge in [-0.05, 0) is 49.1 Å². The predicted molar refractivity (Wildman–Crippen MR) is 133 cm³/mol. The number of aryl methyl sites for hydroxylation is 1. The van der Waals surface area contributed by atoms with Gasteiger partial charge in [-0.1, -0.05) is 12.1 Å². The molecule has 2 aromatic rings. The summed E-state index contributed by atoms with van der Waals surface area (Å²) in [5, 5.41) is 10.6. The number of hydrogen-bond acceptors (Lipinski definition) is 7. The third-order valence-electron chi connectivity index (χ3n) is 5.20. The minimum Gasteiger partial charge on any atom is -0.495 e. The second-order valence-corrected chi connectivity index (χ2v) is 9.24. The Morgan fingerprint density at radius 2 is 1.88 bits per heavy atom. The highest BCUT2D eigenvalue weighted by atomic mass is 35.5. The molecule has 2 heterocycles. The molecule has 0 aliphatic carbocycles. The highest BCUT2D eigenvalue weighted by molar-refractivity contribution is 7.92. The molecule has 11 heteroatoms. The molecule has 1 saturated heterocycles. The Labute approximate surface area is 202 Å². The van der Waals surface area contributed by atoms with Gasteiger partial charge in [-0.2, -0.15) is 0 Å². The molecule has 32 heavy (non-hydrogen) atoms. The van der Waals surface area contributed by atoms with E-state index in [0.717, 1.165) is 56.7 Å². The molecule has 0 spiro atoms. The van der Waals surface area contributed by atoms with E-state index in [9.17, 15) is 13.5 Å². The molecule has 0 radical (unpaired) electrons. The number of nitrogens with one attached hydrogen (secondary N) is 1. The maximum absolute atomic E-state index is 11.6. The Morgan fingerprint density at radius 3 is 2.47 bits per heavy atom. The van der Waals surface area contributed by atoms with Crippen LogP contribution in [-0.4, -0.2) is 69.2 Å². The van der Waals surface area contributed by atoms with E-state index < -0.39 is 16.3 Å². The van der Waals surface area contributed by atoms with Crippen LogP contribution in [0.3, 0.4) is 0 Å². The molecular formula is C21H32Cl2N4O4S. The zero-order chi connectivity index (χ0) is 21.6. The predicted octanol–water partition coefficient (Wildman–Crippen LogP) is 2.77. The number of halogens is 2. The minimum atomic E-state index is -3.38. The van der Waals surface area contributed by atoms with Crippen LogP contribution < -0.4 is 14.4 Å². The van der Waals surface area contributed by atoms with Crippen molar-refractivity contribution >= 4 is 46.3 Å². The first kappa shape index (κ1) is 28.3. The summed E-state index contributed by atoms with van der Waals surface area (Å²) in [5.41, 5.74) is 1.43. The Bertz CT molecular complexity index is 927. The van der Waals surface area contributed by atoms with Crippen molar-refractivity contribution in [2.24, 2.45) is 0 Å². The van der Waals surface area contributed by atoms with E-state index in [0.29, 0.717) is 17.9 Å². The van der Waals surface area contributed by atoms with Crippen molar-refractivity contribution in [2.45, 2.75) is 25.5 Å². The van der Waals surface area contributed by atoms with Gasteiger partial charge in [0.05, 0.1) is 19.1 Å². The monoisotopic (exact) mass is 506 g/mol. The highest BCUT2D eigenvalue weighted by Crippen LogP contribution is 2.27. The van der Waals surface area contributed by atoms with Crippen molar-refractivity contribution < 1.29 is 18.3 Å². The summed E-state index contributed by atoms with van der Waals surface area (Å²) in [6.45, 7) is 3.27. The number of aliphatic hydroxyl groups is 1. The molecule has 0 bridgehead atoms. The van der Waals surface area contributed by atoms with Gasteiger partial charge in [0.15, 0.2) is 0 Å². The van der Waals surface area contributed by atoms with Gasteiger partial charge in [0.1, 0.15) is 17.8 Å². The maximum Gasteiger partial charge on any atom is 0.229 e. The second-order valence-electron chi connectivity index (χ2n) is 7.49. The standard InChI is InChI=1S/C21H30N4O4S.2ClH/c1-29-19-10-9-17(16-18(19)23-30(2,27)28)6-5-8-21(26)25-14-12-24(13-15-25)20-7-3-4-11-22-20;;/h3-4,7,9-11,16,21,23,26H,5-6,8,12-15H2,1-2H3;2*1H. The van der Waals surface area contributed by atoms with E-state index in [1.165, 1.54) is 7.11 Å². The summed E-state index contributed by atoms with van der Waals surface area (Å²) in [6.07, 6.45) is 4.63. The molecule has 1 aliphatic rings. The number of pyridine rings is 1. The summed E-state index contributed by atoms with van der Waals surface area (Å²) >= 11 is 0. The van der Waals surface area contributed by atoms with E-state index in [1.807, 2.05) is 24.3 Å². The number of benzene rings is 1. The molecule has 180 valence electrons. The number of aromatic nitrogens is 1. The van der Waals surface area contributed by atoms with Crippen molar-refractivity contribution in [1.29, 1.82) is 0 Å². The summed E-state index contributed by atoms with van der Waals surface area (Å²) in [7, 11) is -1.88. The number of rotatable bonds is 9. The Balaban J connectivity index is 0.00000256. The number of piperazine rings is 1. The first-order chi connectivity index (χ1) is 14.4. The SMILES string of the molecule is COc1ccc(CCCC(O)N2CCN(c3ccccn3)CC2)cc1NS(C)(=O)=O.Cl.Cl. The molecule has 1 atom stereocenters. The van der Waals surface area contributed by atoms with E-state index in [2.05, 4.69) is 19.5 Å². The lowest BCUT2D eigenvalue weighted by Gasteiger charge is -2.37. The summed E-state index contributed by atoms with van der Waals surface area (Å²) < 4.78 is 30.8. The molecule has 3 rings (SSSR count). The molecule has 1 unspecified atom stereocenters. The largest absolute Gasteiger partial charge is 0.495 e. The smallest absolute Gasteiger partial charge is 0.229 e. The number of sulfonamides is 1. The Morgan fingerprint density at radius 1 is 1.16 bits per heavy atom. The molecule has 1 fully saturated rings. The molecule has 1 aromatic heterocycles. The van der Waals surface area contributed by atoms with Crippen LogP contribution in [0.15, 0.2) is 42.6 Å². The lowest BCUT2D eigenvalue weighted by Crippen LogP contribution is -2.50. The normalized spacial score (nSPS) is 15.3.